The number of aliphatic imine (C=N–C) groups is 1. The maximum Gasteiger partial charge on any atom is 0.434 e. The van der Waals surface area contributed by atoms with Crippen LogP contribution < -0.4 is 16.4 Å². The Morgan fingerprint density at radius 1 is 1.33 bits per heavy atom. The largest absolute Gasteiger partial charge is 0.434 e. The van der Waals surface area contributed by atoms with E-state index in [9.17, 15) is 18.0 Å². The molecule has 1 amide bonds. The molecule has 2 heterocycles. The zero-order valence-corrected chi connectivity index (χ0v) is 20.2. The van der Waals surface area contributed by atoms with Crippen LogP contribution in [-0.2, 0) is 17.5 Å². The van der Waals surface area contributed by atoms with E-state index < -0.39 is 11.9 Å². The predicted octanol–water partition coefficient (Wildman–Crippen LogP) is 2.81. The molecule has 0 aliphatic carbocycles. The highest BCUT2D eigenvalue weighted by Gasteiger charge is 2.33. The number of halogens is 4. The van der Waals surface area contributed by atoms with Crippen LogP contribution in [0.25, 0.3) is 0 Å². The lowest BCUT2D eigenvalue weighted by Gasteiger charge is -2.30. The maximum atomic E-state index is 12.6. The number of piperidine rings is 1. The Labute approximate surface area is 196 Å². The van der Waals surface area contributed by atoms with E-state index in [1.165, 1.54) is 0 Å². The normalized spacial score (nSPS) is 16.2. The number of alkyl halides is 3. The van der Waals surface area contributed by atoms with E-state index in [1.54, 1.807) is 0 Å². The first-order valence-electron chi connectivity index (χ1n) is 9.85. The molecule has 7 nitrogen and oxygen atoms in total. The van der Waals surface area contributed by atoms with Crippen LogP contribution in [0.4, 0.5) is 13.2 Å². The van der Waals surface area contributed by atoms with Gasteiger partial charge in [0.1, 0.15) is 5.01 Å². The highest BCUT2D eigenvalue weighted by atomic mass is 127. The van der Waals surface area contributed by atoms with Crippen LogP contribution in [0.3, 0.4) is 0 Å². The van der Waals surface area contributed by atoms with Crippen LogP contribution in [0.5, 0.6) is 0 Å². The number of nitrogens with two attached hydrogens (primary N) is 1. The minimum Gasteiger partial charge on any atom is -0.369 e. The molecule has 4 N–H and O–H groups in total. The van der Waals surface area contributed by atoms with Crippen LogP contribution >= 0.6 is 35.3 Å². The van der Waals surface area contributed by atoms with E-state index in [4.69, 9.17) is 5.73 Å². The average molecular weight is 562 g/mol. The van der Waals surface area contributed by atoms with Crippen molar-refractivity contribution in [3.8, 4) is 0 Å². The summed E-state index contributed by atoms with van der Waals surface area (Å²) in [6, 6.07) is 0. The van der Waals surface area contributed by atoms with E-state index in [1.807, 2.05) is 6.92 Å². The Balaban J connectivity index is 0.00000450. The van der Waals surface area contributed by atoms with Gasteiger partial charge < -0.3 is 21.3 Å². The van der Waals surface area contributed by atoms with Crippen molar-refractivity contribution in [1.82, 2.24) is 20.5 Å². The van der Waals surface area contributed by atoms with E-state index in [-0.39, 0.29) is 42.3 Å². The third kappa shape index (κ3) is 9.33. The summed E-state index contributed by atoms with van der Waals surface area (Å²) in [5, 5.41) is 7.63. The molecule has 12 heteroatoms. The molecule has 0 bridgehead atoms. The van der Waals surface area contributed by atoms with Crippen molar-refractivity contribution in [2.75, 3.05) is 32.7 Å². The van der Waals surface area contributed by atoms with E-state index in [0.717, 1.165) is 68.6 Å². The molecule has 0 aromatic carbocycles. The van der Waals surface area contributed by atoms with Crippen molar-refractivity contribution in [2.24, 2.45) is 16.6 Å². The lowest BCUT2D eigenvalue weighted by Crippen LogP contribution is -2.39. The molecular formula is C18H30F3IN6OS. The number of aromatic nitrogens is 1. The number of unbranched alkanes of at least 4 members (excludes halogenated alkanes) is 1. The van der Waals surface area contributed by atoms with E-state index in [2.05, 4.69) is 25.5 Å². The zero-order chi connectivity index (χ0) is 21.3. The summed E-state index contributed by atoms with van der Waals surface area (Å²) in [5.74, 6) is 0.381. The maximum absolute atomic E-state index is 12.6. The molecule has 1 fully saturated rings. The van der Waals surface area contributed by atoms with Gasteiger partial charge in [0.15, 0.2) is 11.7 Å². The average Bonchev–Trinajstić information content (AvgIpc) is 3.15. The Bertz CT molecular complexity index is 677. The first kappa shape index (κ1) is 26.9. The van der Waals surface area contributed by atoms with Crippen molar-refractivity contribution < 1.29 is 18.0 Å². The fourth-order valence-electron chi connectivity index (χ4n) is 3.11. The molecule has 0 atom stereocenters. The first-order chi connectivity index (χ1) is 13.8. The number of nitrogens with one attached hydrogen (secondary N) is 2. The molecule has 172 valence electrons. The SMILES string of the molecule is CCNC(=NCc1nc(C(F)(F)F)cs1)NCCCCN1CCC(C(N)=O)CC1.I. The Morgan fingerprint density at radius 3 is 2.60 bits per heavy atom. The number of nitrogens with zero attached hydrogens (tertiary/aromatic N) is 3. The number of carbonyl (C=O) groups excluding carboxylic acids is 1. The van der Waals surface area contributed by atoms with Gasteiger partial charge in [-0.1, -0.05) is 0 Å². The van der Waals surface area contributed by atoms with Gasteiger partial charge in [-0.2, -0.15) is 13.2 Å². The van der Waals surface area contributed by atoms with E-state index >= 15 is 0 Å². The summed E-state index contributed by atoms with van der Waals surface area (Å²) in [4.78, 5) is 21.4. The van der Waals surface area contributed by atoms with E-state index in [0.29, 0.717) is 17.5 Å². The Morgan fingerprint density at radius 2 is 2.03 bits per heavy atom. The highest BCUT2D eigenvalue weighted by Crippen LogP contribution is 2.30. The molecule has 0 unspecified atom stereocenters. The Kier molecular flexibility index (Phi) is 11.9. The minimum atomic E-state index is -4.42. The number of carbonyl (C=O) groups is 1. The second-order valence-electron chi connectivity index (χ2n) is 6.97. The predicted molar refractivity (Wildman–Crippen MR) is 123 cm³/mol. The van der Waals surface area contributed by atoms with Crippen LogP contribution in [0, 0.1) is 5.92 Å². The molecule has 0 radical (unpaired) electrons. The summed E-state index contributed by atoms with van der Waals surface area (Å²) in [5.41, 5.74) is 4.48. The molecule has 1 aliphatic rings. The van der Waals surface area contributed by atoms with Gasteiger partial charge in [0.25, 0.3) is 0 Å². The number of hydrogen-bond acceptors (Lipinski definition) is 5. The summed E-state index contributed by atoms with van der Waals surface area (Å²) in [7, 11) is 0. The summed E-state index contributed by atoms with van der Waals surface area (Å²) >= 11 is 0.958. The van der Waals surface area contributed by atoms with Crippen molar-refractivity contribution in [3.63, 3.8) is 0 Å². The van der Waals surface area contributed by atoms with Crippen molar-refractivity contribution in [3.05, 3.63) is 16.1 Å². The monoisotopic (exact) mass is 562 g/mol. The fourth-order valence-corrected chi connectivity index (χ4v) is 3.83. The van der Waals surface area contributed by atoms with Gasteiger partial charge in [-0.15, -0.1) is 35.3 Å². The molecule has 1 aliphatic heterocycles. The molecular weight excluding hydrogens is 532 g/mol. The third-order valence-corrected chi connectivity index (χ3v) is 5.58. The zero-order valence-electron chi connectivity index (χ0n) is 17.0. The topological polar surface area (TPSA) is 95.6 Å². The molecule has 0 spiro atoms. The first-order valence-corrected chi connectivity index (χ1v) is 10.7. The second-order valence-corrected chi connectivity index (χ2v) is 7.91. The number of rotatable bonds is 9. The van der Waals surface area contributed by atoms with Gasteiger partial charge in [-0.25, -0.2) is 9.98 Å². The van der Waals surface area contributed by atoms with Crippen LogP contribution in [0.2, 0.25) is 0 Å². The lowest BCUT2D eigenvalue weighted by molar-refractivity contribution is -0.140. The van der Waals surface area contributed by atoms with Gasteiger partial charge in [0.2, 0.25) is 5.91 Å². The van der Waals surface area contributed by atoms with Crippen LogP contribution in [0.1, 0.15) is 43.3 Å². The molecule has 1 saturated heterocycles. The third-order valence-electron chi connectivity index (χ3n) is 4.74. The molecule has 1 aromatic rings. The molecule has 2 rings (SSSR count). The molecule has 1 aromatic heterocycles. The summed E-state index contributed by atoms with van der Waals surface area (Å²) in [6.45, 7) is 6.18. The summed E-state index contributed by atoms with van der Waals surface area (Å²) in [6.07, 6.45) is -0.809. The Hall–Kier alpha value is -1.15. The van der Waals surface area contributed by atoms with Gasteiger partial charge in [0, 0.05) is 24.4 Å². The van der Waals surface area contributed by atoms with Crippen molar-refractivity contribution >= 4 is 47.2 Å². The van der Waals surface area contributed by atoms with Crippen LogP contribution in [-0.4, -0.2) is 54.5 Å². The minimum absolute atomic E-state index is 0. The van der Waals surface area contributed by atoms with Crippen LogP contribution in [0.15, 0.2) is 10.4 Å². The molecule has 30 heavy (non-hydrogen) atoms. The number of amides is 1. The number of thiazole rings is 1. The van der Waals surface area contributed by atoms with Crippen molar-refractivity contribution in [1.29, 1.82) is 0 Å². The number of hydrogen-bond donors (Lipinski definition) is 3. The smallest absolute Gasteiger partial charge is 0.369 e. The van der Waals surface area contributed by atoms with Gasteiger partial charge >= 0.3 is 6.18 Å². The molecule has 0 saturated carbocycles. The van der Waals surface area contributed by atoms with Crippen molar-refractivity contribution in [2.45, 2.75) is 45.3 Å². The summed E-state index contributed by atoms with van der Waals surface area (Å²) < 4.78 is 37.8. The second kappa shape index (κ2) is 13.3. The van der Waals surface area contributed by atoms with Gasteiger partial charge in [-0.3, -0.25) is 4.79 Å². The number of primary amides is 1. The number of guanidine groups is 1. The quantitative estimate of drug-likeness (QED) is 0.186. The standard InChI is InChI=1S/C18H29F3N6OS.HI/c1-2-23-17(25-11-15-26-14(12-29-15)18(19,20)21)24-7-3-4-8-27-9-5-13(6-10-27)16(22)28;/h12-13H,2-11H2,1H3,(H2,22,28)(H2,23,24,25);1H. The highest BCUT2D eigenvalue weighted by molar-refractivity contribution is 14.0. The fraction of sp³-hybridized carbons (Fsp3) is 0.722. The van der Waals surface area contributed by atoms with Gasteiger partial charge in [-0.05, 0) is 52.2 Å². The lowest BCUT2D eigenvalue weighted by atomic mass is 9.96. The number of likely N-dealkylation sites (tertiary alicyclic amines) is 1. The van der Waals surface area contributed by atoms with Gasteiger partial charge in [0.05, 0.1) is 6.54 Å².